The molecule has 0 spiro atoms. The van der Waals surface area contributed by atoms with Gasteiger partial charge in [0.1, 0.15) is 6.42 Å². The first-order chi connectivity index (χ1) is 5.63. The van der Waals surface area contributed by atoms with E-state index < -0.39 is 17.4 Å². The molecule has 0 N–H and O–H groups in total. The van der Waals surface area contributed by atoms with Gasteiger partial charge >= 0.3 is 11.1 Å². The van der Waals surface area contributed by atoms with Gasteiger partial charge in [-0.1, -0.05) is 5.53 Å². The lowest BCUT2D eigenvalue weighted by atomic mass is 10.4. The zero-order valence-electron chi connectivity index (χ0n) is 5.62. The molecule has 0 heterocycles. The fourth-order valence-corrected chi connectivity index (χ4v) is 0.350. The zero-order chi connectivity index (χ0) is 9.56. The lowest BCUT2D eigenvalue weighted by Crippen LogP contribution is -2.30. The summed E-state index contributed by atoms with van der Waals surface area (Å²) in [6.45, 7) is 0. The van der Waals surface area contributed by atoms with Gasteiger partial charge in [0.05, 0.1) is 11.0 Å². The Balaban J connectivity index is 4.53. The maximum atomic E-state index is 10.6. The third-order valence-corrected chi connectivity index (χ3v) is 0.733. The molecule has 0 unspecified atom stereocenters. The summed E-state index contributed by atoms with van der Waals surface area (Å²) >= 11 is 0. The number of azide groups is 1. The van der Waals surface area contributed by atoms with Gasteiger partial charge in [0, 0.05) is 0 Å². The van der Waals surface area contributed by atoms with Gasteiger partial charge in [-0.2, -0.15) is 5.26 Å². The molecule has 62 valence electrons. The van der Waals surface area contributed by atoms with E-state index in [1.165, 1.54) is 6.07 Å². The van der Waals surface area contributed by atoms with Crippen LogP contribution in [-0.2, 0) is 4.79 Å². The minimum atomic E-state index is -1.21. The van der Waals surface area contributed by atoms with Crippen molar-refractivity contribution in [2.45, 2.75) is 6.42 Å². The van der Waals surface area contributed by atoms with Crippen molar-refractivity contribution in [1.82, 2.24) is 5.12 Å². The number of amides is 1. The highest BCUT2D eigenvalue weighted by molar-refractivity contribution is 5.76. The second-order valence-corrected chi connectivity index (χ2v) is 1.43. The van der Waals surface area contributed by atoms with Crippen molar-refractivity contribution in [1.29, 1.82) is 5.26 Å². The predicted octanol–water partition coefficient (Wildman–Crippen LogP) is 0.146. The van der Waals surface area contributed by atoms with E-state index in [9.17, 15) is 14.9 Å². The smallest absolute Gasteiger partial charge is 0.321 e. The number of carbonyl (C=O) groups excluding carboxylic acids is 1. The Morgan fingerprint density at radius 1 is 1.92 bits per heavy atom. The van der Waals surface area contributed by atoms with Crippen LogP contribution in [0.5, 0.6) is 0 Å². The van der Waals surface area contributed by atoms with Crippen LogP contribution in [0, 0.1) is 21.4 Å². The number of hydrogen-bond donors (Lipinski definition) is 0. The largest absolute Gasteiger partial charge is 0.459 e. The molecule has 0 rings (SSSR count). The summed E-state index contributed by atoms with van der Waals surface area (Å²) < 4.78 is 0. The molecule has 0 atom stereocenters. The monoisotopic (exact) mass is 170 g/mol. The number of hydrogen-bond acceptors (Lipinski definition) is 5. The van der Waals surface area contributed by atoms with E-state index in [4.69, 9.17) is 10.8 Å². The highest BCUT2D eigenvalue weighted by Crippen LogP contribution is 1.94. The van der Waals surface area contributed by atoms with Crippen LogP contribution in [0.4, 0.5) is 0 Å². The molecule has 0 aromatic rings. The molecular weight excluding hydrogens is 168 g/mol. The molecule has 12 heavy (non-hydrogen) atoms. The van der Waals surface area contributed by atoms with E-state index >= 15 is 0 Å². The van der Waals surface area contributed by atoms with Gasteiger partial charge in [0.2, 0.25) is 5.12 Å². The molecule has 0 saturated heterocycles. The van der Waals surface area contributed by atoms with Crippen LogP contribution in [0.3, 0.4) is 0 Å². The number of nitro groups is 1. The fraction of sp³-hybridized carbons (Fsp3) is 0.333. The Morgan fingerprint density at radius 3 is 2.83 bits per heavy atom. The number of rotatable bonds is 3. The molecule has 0 aliphatic rings. The zero-order valence-corrected chi connectivity index (χ0v) is 5.62. The summed E-state index contributed by atoms with van der Waals surface area (Å²) in [6.07, 6.45) is -0.708. The van der Waals surface area contributed by atoms with Crippen LogP contribution in [0.2, 0.25) is 0 Å². The molecule has 1 amide bonds. The highest BCUT2D eigenvalue weighted by Gasteiger charge is 2.34. The molecule has 0 radical (unpaired) electrons. The van der Waals surface area contributed by atoms with E-state index in [2.05, 4.69) is 5.22 Å². The van der Waals surface area contributed by atoms with Gasteiger partial charge in [-0.05, 0) is 0 Å². The molecule has 0 aliphatic carbocycles. The van der Waals surface area contributed by atoms with Crippen LogP contribution in [0.15, 0.2) is 5.22 Å². The average Bonchev–Trinajstić information content (AvgIpc) is 1.99. The van der Waals surface area contributed by atoms with Crippen LogP contribution < -0.4 is 0 Å². The molecule has 0 fully saturated rings. The van der Waals surface area contributed by atoms with Gasteiger partial charge < -0.3 is 10.1 Å². The maximum Gasteiger partial charge on any atom is 0.459 e. The summed E-state index contributed by atoms with van der Waals surface area (Å²) in [5, 5.41) is 18.8. The van der Waals surface area contributed by atoms with Gasteiger partial charge in [-0.15, -0.1) is 0 Å². The first-order valence-electron chi connectivity index (χ1n) is 2.52. The van der Waals surface area contributed by atoms with E-state index in [0.717, 1.165) is 0 Å². The van der Waals surface area contributed by atoms with Gasteiger partial charge in [0.25, 0.3) is 0 Å². The summed E-state index contributed by atoms with van der Waals surface area (Å²) in [5.41, 5.74) is 7.78. The third kappa shape index (κ3) is 2.51. The van der Waals surface area contributed by atoms with Crippen molar-refractivity contribution in [2.24, 2.45) is 5.22 Å². The quantitative estimate of drug-likeness (QED) is 0.195. The van der Waals surface area contributed by atoms with E-state index in [-0.39, 0.29) is 5.12 Å². The first kappa shape index (κ1) is 9.67. The number of nitriles is 1. The van der Waals surface area contributed by atoms with Crippen molar-refractivity contribution in [3.63, 3.8) is 0 Å². The van der Waals surface area contributed by atoms with Crippen LogP contribution >= 0.6 is 0 Å². The lowest BCUT2D eigenvalue weighted by molar-refractivity contribution is -0.636. The third-order valence-electron chi connectivity index (χ3n) is 0.733. The molecule has 9 nitrogen and oxygen atoms in total. The standard InChI is InChI=1S/C3H2N6O3/c4-2-1-3(10)8(7-6-5)9(11)12/h1H2. The van der Waals surface area contributed by atoms with Gasteiger partial charge in [-0.3, -0.25) is 0 Å². The molecule has 0 bridgehead atoms. The molecular formula is C3H2N6O3. The summed E-state index contributed by atoms with van der Waals surface area (Å²) in [7, 11) is 0. The van der Waals surface area contributed by atoms with E-state index in [0.29, 0.717) is 0 Å². The van der Waals surface area contributed by atoms with Gasteiger partial charge in [-0.25, -0.2) is 4.79 Å². The first-order valence-corrected chi connectivity index (χ1v) is 2.52. The lowest BCUT2D eigenvalue weighted by Gasteiger charge is -1.90. The summed E-state index contributed by atoms with van der Waals surface area (Å²) in [5.74, 6) is -1.18. The minimum Gasteiger partial charge on any atom is -0.321 e. The molecule has 0 saturated carbocycles. The van der Waals surface area contributed by atoms with Crippen molar-refractivity contribution in [3.8, 4) is 6.07 Å². The van der Waals surface area contributed by atoms with Crippen molar-refractivity contribution in [3.05, 3.63) is 20.6 Å². The molecule has 0 aliphatic heterocycles. The van der Waals surface area contributed by atoms with Gasteiger partial charge in [0.15, 0.2) is 5.03 Å². The van der Waals surface area contributed by atoms with E-state index in [1.807, 2.05) is 4.91 Å². The second-order valence-electron chi connectivity index (χ2n) is 1.43. The Kier molecular flexibility index (Phi) is 3.61. The Hall–Kier alpha value is -2.33. The van der Waals surface area contributed by atoms with Crippen LogP contribution in [-0.4, -0.2) is 16.1 Å². The number of nitrogens with zero attached hydrogens (tertiary/aromatic N) is 6. The second kappa shape index (κ2) is 4.48. The topological polar surface area (TPSA) is 136 Å². The van der Waals surface area contributed by atoms with E-state index in [1.54, 1.807) is 0 Å². The minimum absolute atomic E-state index is 0.330. The maximum absolute atomic E-state index is 10.6. The SMILES string of the molecule is N#CCC(=O)N(N=[N+]=[N-])[N+](=O)[O-]. The number of carbonyl (C=O) groups is 1. The molecule has 0 aromatic carbocycles. The molecule has 0 aromatic heterocycles. The van der Waals surface area contributed by atoms with Crippen molar-refractivity contribution in [2.75, 3.05) is 0 Å². The molecule has 9 heteroatoms. The van der Waals surface area contributed by atoms with Crippen LogP contribution in [0.25, 0.3) is 10.4 Å². The normalized spacial score (nSPS) is 7.58. The van der Waals surface area contributed by atoms with Crippen molar-refractivity contribution >= 4 is 5.91 Å². The average molecular weight is 170 g/mol. The Labute approximate surface area is 65.5 Å². The number of hydrazine groups is 1. The van der Waals surface area contributed by atoms with Crippen LogP contribution in [0.1, 0.15) is 6.42 Å². The van der Waals surface area contributed by atoms with Crippen molar-refractivity contribution < 1.29 is 9.83 Å². The summed E-state index contributed by atoms with van der Waals surface area (Å²) in [4.78, 5) is 22.6. The fourth-order valence-electron chi connectivity index (χ4n) is 0.350. The Morgan fingerprint density at radius 2 is 2.50 bits per heavy atom. The predicted molar refractivity (Wildman–Crippen MR) is 33.2 cm³/mol. The summed E-state index contributed by atoms with van der Waals surface area (Å²) in [6, 6.07) is 1.38. The Bertz CT molecular complexity index is 283. The highest BCUT2D eigenvalue weighted by atomic mass is 16.7.